The van der Waals surface area contributed by atoms with Crippen LogP contribution >= 0.6 is 23.5 Å². The molecule has 0 bridgehead atoms. The Labute approximate surface area is 125 Å². The summed E-state index contributed by atoms with van der Waals surface area (Å²) in [5, 5.41) is 0.688. The van der Waals surface area contributed by atoms with E-state index in [4.69, 9.17) is 4.74 Å². The molecule has 4 nitrogen and oxygen atoms in total. The predicted octanol–water partition coefficient (Wildman–Crippen LogP) is 2.69. The van der Waals surface area contributed by atoms with E-state index in [9.17, 15) is 4.79 Å². The fourth-order valence-electron chi connectivity index (χ4n) is 1.92. The maximum Gasteiger partial charge on any atom is 0.255 e. The van der Waals surface area contributed by atoms with Crippen LogP contribution in [-0.4, -0.2) is 22.3 Å². The highest BCUT2D eigenvalue weighted by Crippen LogP contribution is 2.26. The van der Waals surface area contributed by atoms with Gasteiger partial charge in [0.25, 0.3) is 5.56 Å². The van der Waals surface area contributed by atoms with Gasteiger partial charge in [-0.3, -0.25) is 4.79 Å². The number of fused-ring (bicyclic) bond motifs is 1. The number of aromatic amines is 1. The lowest BCUT2D eigenvalue weighted by Crippen LogP contribution is -2.15. The fraction of sp³-hybridized carbons (Fsp3) is 0.286. The highest BCUT2D eigenvalue weighted by Gasteiger charge is 2.17. The second-order valence-electron chi connectivity index (χ2n) is 4.30. The number of nitrogens with zero attached hydrogens (tertiary/aromatic N) is 1. The molecule has 0 fully saturated rings. The lowest BCUT2D eigenvalue weighted by molar-refractivity contribution is 0.344. The highest BCUT2D eigenvalue weighted by atomic mass is 32.2. The average Bonchev–Trinajstić information content (AvgIpc) is 2.94. The number of para-hydroxylation sites is 1. The van der Waals surface area contributed by atoms with Crippen molar-refractivity contribution in [2.24, 2.45) is 0 Å². The first-order chi connectivity index (χ1) is 9.83. The van der Waals surface area contributed by atoms with Crippen molar-refractivity contribution in [3.05, 3.63) is 51.9 Å². The smallest absolute Gasteiger partial charge is 0.255 e. The number of ether oxygens (including phenoxy) is 1. The molecule has 1 N–H and O–H groups in total. The molecule has 0 saturated heterocycles. The molecule has 0 amide bonds. The van der Waals surface area contributed by atoms with Crippen molar-refractivity contribution in [3.63, 3.8) is 0 Å². The van der Waals surface area contributed by atoms with Crippen LogP contribution in [0.1, 0.15) is 11.3 Å². The number of rotatable bonds is 5. The molecule has 0 spiro atoms. The summed E-state index contributed by atoms with van der Waals surface area (Å²) < 4.78 is 5.61. The lowest BCUT2D eigenvalue weighted by Gasteiger charge is -2.06. The predicted molar refractivity (Wildman–Crippen MR) is 82.5 cm³/mol. The summed E-state index contributed by atoms with van der Waals surface area (Å²) in [6.45, 7) is 0.588. The van der Waals surface area contributed by atoms with E-state index in [1.807, 2.05) is 30.3 Å². The molecule has 20 heavy (non-hydrogen) atoms. The topological polar surface area (TPSA) is 55.0 Å². The number of H-pyrrole nitrogens is 1. The minimum Gasteiger partial charge on any atom is -0.493 e. The largest absolute Gasteiger partial charge is 0.493 e. The quantitative estimate of drug-likeness (QED) is 0.523. The summed E-state index contributed by atoms with van der Waals surface area (Å²) in [6, 6.07) is 9.70. The number of thioether (sulfide) groups is 2. The zero-order valence-corrected chi connectivity index (χ0v) is 12.4. The number of hydrogen-bond acceptors (Lipinski definition) is 5. The number of nitrogens with one attached hydrogen (secondary N) is 1. The summed E-state index contributed by atoms with van der Waals surface area (Å²) in [6.07, 6.45) is 0. The van der Waals surface area contributed by atoms with E-state index in [0.29, 0.717) is 11.8 Å². The first-order valence-corrected chi connectivity index (χ1v) is 8.47. The van der Waals surface area contributed by atoms with E-state index in [2.05, 4.69) is 9.97 Å². The van der Waals surface area contributed by atoms with Crippen LogP contribution in [0.3, 0.4) is 0 Å². The zero-order chi connectivity index (χ0) is 13.8. The second-order valence-corrected chi connectivity index (χ2v) is 6.37. The van der Waals surface area contributed by atoms with Crippen molar-refractivity contribution in [1.82, 2.24) is 9.97 Å². The van der Waals surface area contributed by atoms with Crippen LogP contribution in [0.25, 0.3) is 0 Å². The molecule has 0 radical (unpaired) electrons. The Bertz CT molecular complexity index is 643. The fourth-order valence-corrected chi connectivity index (χ4v) is 3.66. The summed E-state index contributed by atoms with van der Waals surface area (Å²) >= 11 is 3.25. The standard InChI is InChI=1S/C14H14N2O2S2/c17-13-11-8-19-9-12(11)15-14(16-13)20-7-6-18-10-4-2-1-3-5-10/h1-5H,6-9H2,(H,15,16,17). The molecule has 0 unspecified atom stereocenters. The van der Waals surface area contributed by atoms with E-state index >= 15 is 0 Å². The Hall–Kier alpha value is -1.40. The van der Waals surface area contributed by atoms with Gasteiger partial charge in [-0.2, -0.15) is 11.8 Å². The van der Waals surface area contributed by atoms with E-state index in [-0.39, 0.29) is 5.56 Å². The van der Waals surface area contributed by atoms with Gasteiger partial charge in [0.1, 0.15) is 5.75 Å². The van der Waals surface area contributed by atoms with Gasteiger partial charge in [-0.15, -0.1) is 0 Å². The third-order valence-corrected chi connectivity index (χ3v) is 4.71. The Morgan fingerprint density at radius 1 is 1.30 bits per heavy atom. The molecule has 0 saturated carbocycles. The van der Waals surface area contributed by atoms with Gasteiger partial charge in [0.05, 0.1) is 12.3 Å². The first kappa shape index (κ1) is 13.6. The van der Waals surface area contributed by atoms with Crippen molar-refractivity contribution in [2.45, 2.75) is 16.7 Å². The molecule has 6 heteroatoms. The third kappa shape index (κ3) is 3.19. The van der Waals surface area contributed by atoms with Gasteiger partial charge < -0.3 is 9.72 Å². The van der Waals surface area contributed by atoms with Gasteiger partial charge in [0.2, 0.25) is 0 Å². The van der Waals surface area contributed by atoms with Gasteiger partial charge in [-0.25, -0.2) is 4.98 Å². The van der Waals surface area contributed by atoms with Crippen LogP contribution in [0.2, 0.25) is 0 Å². The molecule has 2 aromatic rings. The molecule has 1 aliphatic heterocycles. The first-order valence-electron chi connectivity index (χ1n) is 6.33. The van der Waals surface area contributed by atoms with Crippen LogP contribution < -0.4 is 10.3 Å². The maximum atomic E-state index is 11.8. The Kier molecular flexibility index (Phi) is 4.32. The number of benzene rings is 1. The molecule has 1 aromatic heterocycles. The van der Waals surface area contributed by atoms with Gasteiger partial charge in [0.15, 0.2) is 5.16 Å². The summed E-state index contributed by atoms with van der Waals surface area (Å²) in [5.74, 6) is 3.23. The van der Waals surface area contributed by atoms with Crippen molar-refractivity contribution in [1.29, 1.82) is 0 Å². The Balaban J connectivity index is 1.54. The number of hydrogen-bond donors (Lipinski definition) is 1. The minimum absolute atomic E-state index is 0.00600. The summed E-state index contributed by atoms with van der Waals surface area (Å²) in [4.78, 5) is 19.2. The van der Waals surface area contributed by atoms with Crippen LogP contribution in [0.15, 0.2) is 40.3 Å². The van der Waals surface area contributed by atoms with Crippen molar-refractivity contribution in [3.8, 4) is 5.75 Å². The van der Waals surface area contributed by atoms with Crippen LogP contribution in [0, 0.1) is 0 Å². The monoisotopic (exact) mass is 306 g/mol. The van der Waals surface area contributed by atoms with E-state index < -0.39 is 0 Å². The summed E-state index contributed by atoms with van der Waals surface area (Å²) in [7, 11) is 0. The van der Waals surface area contributed by atoms with Gasteiger partial charge in [-0.05, 0) is 12.1 Å². The number of aromatic nitrogens is 2. The molecule has 0 aliphatic carbocycles. The SMILES string of the molecule is O=c1[nH]c(SCCOc2ccccc2)nc2c1CSC2. The minimum atomic E-state index is 0.00600. The van der Waals surface area contributed by atoms with E-state index in [1.54, 1.807) is 11.8 Å². The molecule has 0 atom stereocenters. The third-order valence-electron chi connectivity index (χ3n) is 2.90. The van der Waals surface area contributed by atoms with E-state index in [1.165, 1.54) is 11.8 Å². The van der Waals surface area contributed by atoms with Gasteiger partial charge in [0, 0.05) is 22.8 Å². The van der Waals surface area contributed by atoms with Crippen LogP contribution in [-0.2, 0) is 11.5 Å². The highest BCUT2D eigenvalue weighted by molar-refractivity contribution is 7.99. The van der Waals surface area contributed by atoms with Crippen molar-refractivity contribution >= 4 is 23.5 Å². The maximum absolute atomic E-state index is 11.8. The molecule has 1 aromatic carbocycles. The van der Waals surface area contributed by atoms with Crippen molar-refractivity contribution in [2.75, 3.05) is 12.4 Å². The van der Waals surface area contributed by atoms with Gasteiger partial charge >= 0.3 is 0 Å². The molecule has 2 heterocycles. The molecule has 3 rings (SSSR count). The lowest BCUT2D eigenvalue weighted by atomic mass is 10.3. The van der Waals surface area contributed by atoms with E-state index in [0.717, 1.165) is 34.3 Å². The molecule has 104 valence electrons. The Morgan fingerprint density at radius 3 is 3.00 bits per heavy atom. The zero-order valence-electron chi connectivity index (χ0n) is 10.8. The van der Waals surface area contributed by atoms with Crippen LogP contribution in [0.5, 0.6) is 5.75 Å². The normalized spacial score (nSPS) is 13.2. The Morgan fingerprint density at radius 2 is 2.15 bits per heavy atom. The summed E-state index contributed by atoms with van der Waals surface area (Å²) in [5.41, 5.74) is 1.77. The van der Waals surface area contributed by atoms with Crippen molar-refractivity contribution < 1.29 is 4.74 Å². The second kappa shape index (κ2) is 6.37. The molecular formula is C14H14N2O2S2. The molecule has 1 aliphatic rings. The average molecular weight is 306 g/mol. The van der Waals surface area contributed by atoms with Crippen LogP contribution in [0.4, 0.5) is 0 Å². The van der Waals surface area contributed by atoms with Gasteiger partial charge in [-0.1, -0.05) is 30.0 Å². The molecular weight excluding hydrogens is 292 g/mol.